The maximum atomic E-state index is 14.7. The average Bonchev–Trinajstić information content (AvgIpc) is 3.36. The van der Waals surface area contributed by atoms with Crippen LogP contribution in [-0.2, 0) is 19.4 Å². The summed E-state index contributed by atoms with van der Waals surface area (Å²) in [6.45, 7) is 3.97. The van der Waals surface area contributed by atoms with Crippen LogP contribution >= 0.6 is 0 Å². The summed E-state index contributed by atoms with van der Waals surface area (Å²) < 4.78 is 46.5. The van der Waals surface area contributed by atoms with Gasteiger partial charge < -0.3 is 19.9 Å². The van der Waals surface area contributed by atoms with Crippen molar-refractivity contribution in [2.45, 2.75) is 107 Å². The average molecular weight is 595 g/mol. The van der Waals surface area contributed by atoms with Crippen molar-refractivity contribution in [1.29, 1.82) is 0 Å². The molecule has 2 aliphatic heterocycles. The summed E-state index contributed by atoms with van der Waals surface area (Å²) in [4.78, 5) is 22.4. The summed E-state index contributed by atoms with van der Waals surface area (Å²) in [5.41, 5.74) is 0. The van der Waals surface area contributed by atoms with Crippen molar-refractivity contribution in [3.8, 4) is 0 Å². The summed E-state index contributed by atoms with van der Waals surface area (Å²) in [5, 5.41) is 3.02. The molecule has 5 aliphatic rings. The number of ether oxygens (including phenoxy) is 1. The van der Waals surface area contributed by atoms with Crippen LogP contribution in [0.25, 0.3) is 0 Å². The van der Waals surface area contributed by atoms with E-state index < -0.39 is 16.0 Å². The number of fused-ring (bicyclic) bond motifs is 1. The van der Waals surface area contributed by atoms with Crippen LogP contribution in [0, 0.1) is 17.8 Å². The third kappa shape index (κ3) is 8.18. The van der Waals surface area contributed by atoms with Gasteiger partial charge in [-0.25, -0.2) is 12.8 Å². The fourth-order valence-corrected chi connectivity index (χ4v) is 9.55. The molecule has 0 aromatic carbocycles. The number of halogens is 1. The Labute approximate surface area is 246 Å². The summed E-state index contributed by atoms with van der Waals surface area (Å²) in [7, 11) is -1.58. The molecule has 0 spiro atoms. The van der Waals surface area contributed by atoms with Crippen LogP contribution in [0.15, 0.2) is 17.1 Å². The van der Waals surface area contributed by atoms with Crippen molar-refractivity contribution < 1.29 is 22.3 Å². The van der Waals surface area contributed by atoms with E-state index in [-0.39, 0.29) is 47.1 Å². The highest BCUT2D eigenvalue weighted by Gasteiger charge is 2.36. The molecule has 4 fully saturated rings. The minimum absolute atomic E-state index is 0.0201. The zero-order valence-corrected chi connectivity index (χ0v) is 25.7. The first-order chi connectivity index (χ1) is 19.8. The molecule has 5 rings (SSSR count). The van der Waals surface area contributed by atoms with Crippen molar-refractivity contribution in [2.75, 3.05) is 45.7 Å². The van der Waals surface area contributed by atoms with E-state index in [4.69, 9.17) is 4.74 Å². The van der Waals surface area contributed by atoms with E-state index in [1.807, 2.05) is 17.2 Å². The number of alkyl halides is 1. The lowest BCUT2D eigenvalue weighted by Crippen LogP contribution is -2.44. The molecular weight excluding hydrogens is 543 g/mol. The van der Waals surface area contributed by atoms with Gasteiger partial charge in [-0.05, 0) is 82.7 Å². The zero-order chi connectivity index (χ0) is 28.8. The Kier molecular flexibility index (Phi) is 10.9. The van der Waals surface area contributed by atoms with Crippen LogP contribution in [0.3, 0.4) is 0 Å². The van der Waals surface area contributed by atoms with Gasteiger partial charge in [-0.2, -0.15) is 0 Å². The number of sulfone groups is 1. The molecule has 41 heavy (non-hydrogen) atoms. The first kappa shape index (κ1) is 31.1. The number of hydrogen-bond acceptors (Lipinski definition) is 7. The molecule has 0 bridgehead atoms. The minimum Gasteiger partial charge on any atom is -0.381 e. The highest BCUT2D eigenvalue weighted by molar-refractivity contribution is 7.91. The van der Waals surface area contributed by atoms with Crippen LogP contribution in [0.5, 0.6) is 0 Å². The number of methoxy groups -OCH3 is 1. The number of aliphatic imine (C=N–C) groups is 1. The number of hydrogen-bond donors (Lipinski definition) is 1. The lowest BCUT2D eigenvalue weighted by molar-refractivity contribution is -0.136. The van der Waals surface area contributed by atoms with E-state index in [2.05, 4.69) is 21.3 Å². The van der Waals surface area contributed by atoms with Gasteiger partial charge in [0.15, 0.2) is 9.84 Å². The van der Waals surface area contributed by atoms with Crippen LogP contribution in [0.1, 0.15) is 77.0 Å². The van der Waals surface area contributed by atoms with E-state index in [1.165, 1.54) is 0 Å². The Bertz CT molecular complexity index is 1030. The SMILES string of the molecule is COC1CCC(CN2CCCN(C(=O)C3CCC(NCS(=O)(=O)C4CCCC5C=CC=NC5C4)CC3)CC2)C(F)C1. The molecule has 1 N–H and O–H groups in total. The van der Waals surface area contributed by atoms with Crippen molar-refractivity contribution in [3.63, 3.8) is 0 Å². The summed E-state index contributed by atoms with van der Waals surface area (Å²) in [6.07, 6.45) is 15.0. The number of carbonyl (C=O) groups is 1. The molecule has 6 atom stereocenters. The highest BCUT2D eigenvalue weighted by Crippen LogP contribution is 2.33. The standard InChI is InChI=1S/C31H51FN4O4S/c1-40-27-13-10-25(29(32)19-27)21-35-15-4-16-36(18-17-35)31(37)24-8-11-26(12-9-24)34-22-41(38,39)28-7-2-5-23-6-3-14-33-30(23)20-28/h3,6,14,23-30,34H,2,4-5,7-13,15-22H2,1H3. The fourth-order valence-electron chi connectivity index (χ4n) is 7.83. The first-order valence-corrected chi connectivity index (χ1v) is 17.9. The molecule has 232 valence electrons. The Balaban J connectivity index is 1.03. The number of amides is 1. The molecule has 0 radical (unpaired) electrons. The Morgan fingerprint density at radius 3 is 2.61 bits per heavy atom. The van der Waals surface area contributed by atoms with Crippen molar-refractivity contribution in [1.82, 2.24) is 15.1 Å². The molecule has 3 saturated carbocycles. The van der Waals surface area contributed by atoms with Crippen molar-refractivity contribution >= 4 is 22.0 Å². The van der Waals surface area contributed by atoms with Gasteiger partial charge >= 0.3 is 0 Å². The number of dihydropyridines is 1. The maximum Gasteiger partial charge on any atom is 0.225 e. The highest BCUT2D eigenvalue weighted by atomic mass is 32.2. The van der Waals surface area contributed by atoms with Crippen LogP contribution < -0.4 is 5.32 Å². The van der Waals surface area contributed by atoms with E-state index in [1.54, 1.807) is 7.11 Å². The van der Waals surface area contributed by atoms with Gasteiger partial charge in [-0.15, -0.1) is 0 Å². The molecule has 10 heteroatoms. The molecule has 6 unspecified atom stereocenters. The van der Waals surface area contributed by atoms with E-state index in [0.29, 0.717) is 25.3 Å². The van der Waals surface area contributed by atoms with Crippen molar-refractivity contribution in [3.05, 3.63) is 12.2 Å². The van der Waals surface area contributed by atoms with E-state index >= 15 is 0 Å². The second-order valence-corrected chi connectivity index (χ2v) is 15.5. The lowest BCUT2D eigenvalue weighted by atomic mass is 9.85. The molecule has 2 heterocycles. The van der Waals surface area contributed by atoms with Gasteiger partial charge in [0.1, 0.15) is 6.17 Å². The zero-order valence-electron chi connectivity index (χ0n) is 24.8. The summed E-state index contributed by atoms with van der Waals surface area (Å²) >= 11 is 0. The van der Waals surface area contributed by atoms with E-state index in [9.17, 15) is 17.6 Å². The maximum absolute atomic E-state index is 14.7. The number of allylic oxidation sites excluding steroid dienone is 1. The van der Waals surface area contributed by atoms with Crippen molar-refractivity contribution in [2.24, 2.45) is 22.7 Å². The molecule has 1 amide bonds. The van der Waals surface area contributed by atoms with Gasteiger partial charge in [0.2, 0.25) is 5.91 Å². The Hall–Kier alpha value is -1.36. The third-order valence-corrected chi connectivity index (χ3v) is 12.5. The number of rotatable bonds is 8. The van der Waals surface area contributed by atoms with Crippen LogP contribution in [-0.4, -0.2) is 106 Å². The number of carbonyl (C=O) groups excluding carboxylic acids is 1. The minimum atomic E-state index is -3.25. The quantitative estimate of drug-likeness (QED) is 0.460. The fraction of sp³-hybridized carbons (Fsp3) is 0.871. The monoisotopic (exact) mass is 594 g/mol. The van der Waals surface area contributed by atoms with Crippen LogP contribution in [0.4, 0.5) is 4.39 Å². The van der Waals surface area contributed by atoms with Gasteiger partial charge in [-0.1, -0.05) is 12.5 Å². The number of nitrogens with zero attached hydrogens (tertiary/aromatic N) is 3. The Morgan fingerprint density at radius 1 is 1.00 bits per heavy atom. The Morgan fingerprint density at radius 2 is 1.83 bits per heavy atom. The molecular formula is C31H51FN4O4S. The molecule has 0 aromatic rings. The second kappa shape index (κ2) is 14.4. The second-order valence-electron chi connectivity index (χ2n) is 13.2. The molecule has 8 nitrogen and oxygen atoms in total. The summed E-state index contributed by atoms with van der Waals surface area (Å²) in [6, 6.07) is 0.232. The number of nitrogens with one attached hydrogen (secondary N) is 1. The topological polar surface area (TPSA) is 91.3 Å². The molecule has 3 aliphatic carbocycles. The smallest absolute Gasteiger partial charge is 0.225 e. The lowest BCUT2D eigenvalue weighted by Gasteiger charge is -2.34. The first-order valence-electron chi connectivity index (χ1n) is 16.1. The third-order valence-electron chi connectivity index (χ3n) is 10.5. The van der Waals surface area contributed by atoms with Gasteiger partial charge in [0, 0.05) is 63.8 Å². The predicted molar refractivity (Wildman–Crippen MR) is 161 cm³/mol. The predicted octanol–water partition coefficient (Wildman–Crippen LogP) is 3.76. The normalized spacial score (nSPS) is 37.3. The largest absolute Gasteiger partial charge is 0.381 e. The van der Waals surface area contributed by atoms with Crippen LogP contribution in [0.2, 0.25) is 0 Å². The van der Waals surface area contributed by atoms with E-state index in [0.717, 1.165) is 90.4 Å². The molecule has 0 aromatic heterocycles. The van der Waals surface area contributed by atoms with Gasteiger partial charge in [0.05, 0.1) is 23.3 Å². The summed E-state index contributed by atoms with van der Waals surface area (Å²) in [5.74, 6) is 0.723. The van der Waals surface area contributed by atoms with Gasteiger partial charge in [0.25, 0.3) is 0 Å². The van der Waals surface area contributed by atoms with Gasteiger partial charge in [-0.3, -0.25) is 9.79 Å². The molecule has 1 saturated heterocycles.